The first-order chi connectivity index (χ1) is 8.82. The molecule has 0 aliphatic rings. The third-order valence-corrected chi connectivity index (χ3v) is 3.44. The van der Waals surface area contributed by atoms with Crippen LogP contribution in [0.15, 0.2) is 24.3 Å². The van der Waals surface area contributed by atoms with Crippen LogP contribution in [0.3, 0.4) is 0 Å². The topological polar surface area (TPSA) is 35.5 Å². The molecule has 0 saturated carbocycles. The molecule has 0 aliphatic heterocycles. The number of esters is 1. The van der Waals surface area contributed by atoms with Gasteiger partial charge >= 0.3 is 5.97 Å². The summed E-state index contributed by atoms with van der Waals surface area (Å²) < 4.78 is 10.3. The molecule has 0 aromatic heterocycles. The number of hydrogen-bond donors (Lipinski definition) is 0. The van der Waals surface area contributed by atoms with E-state index in [-0.39, 0.29) is 16.4 Å². The summed E-state index contributed by atoms with van der Waals surface area (Å²) in [4.78, 5) is 11.1. The molecule has 0 unspecified atom stereocenters. The van der Waals surface area contributed by atoms with Crippen LogP contribution >= 0.6 is 15.9 Å². The van der Waals surface area contributed by atoms with Crippen molar-refractivity contribution in [2.75, 3.05) is 7.11 Å². The smallest absolute Gasteiger partial charge is 0.302 e. The Morgan fingerprint density at radius 3 is 2.32 bits per heavy atom. The molecule has 0 aliphatic carbocycles. The molecule has 1 aromatic rings. The maximum Gasteiger partial charge on any atom is 0.302 e. The molecule has 0 amide bonds. The zero-order valence-electron chi connectivity index (χ0n) is 11.9. The van der Waals surface area contributed by atoms with Gasteiger partial charge in [-0.05, 0) is 44.4 Å². The predicted molar refractivity (Wildman–Crippen MR) is 79.9 cm³/mol. The molecular formula is C15H21BrO3. The van der Waals surface area contributed by atoms with E-state index in [4.69, 9.17) is 9.47 Å². The molecular weight excluding hydrogens is 308 g/mol. The van der Waals surface area contributed by atoms with Crippen LogP contribution in [0.2, 0.25) is 0 Å². The van der Waals surface area contributed by atoms with Crippen molar-refractivity contribution in [3.8, 4) is 5.75 Å². The predicted octanol–water partition coefficient (Wildman–Crippen LogP) is 3.73. The van der Waals surface area contributed by atoms with Crippen molar-refractivity contribution in [2.45, 2.75) is 44.0 Å². The van der Waals surface area contributed by atoms with Gasteiger partial charge in [0, 0.05) is 6.92 Å². The minimum Gasteiger partial charge on any atom is -0.497 e. The standard InChI is InChI=1S/C15H21BrO3/c1-11(17)19-14(15(2,3)16)10-7-12-5-8-13(18-4)9-6-12/h5-6,8-9,14H,7,10H2,1-4H3/t14-/m1/s1. The summed E-state index contributed by atoms with van der Waals surface area (Å²) in [6, 6.07) is 7.95. The number of rotatable bonds is 6. The van der Waals surface area contributed by atoms with Crippen LogP contribution in [0.25, 0.3) is 0 Å². The Morgan fingerprint density at radius 2 is 1.89 bits per heavy atom. The highest BCUT2D eigenvalue weighted by Gasteiger charge is 2.28. The first kappa shape index (κ1) is 16.0. The van der Waals surface area contributed by atoms with E-state index in [0.29, 0.717) is 0 Å². The molecule has 0 heterocycles. The highest BCUT2D eigenvalue weighted by Crippen LogP contribution is 2.27. The number of methoxy groups -OCH3 is 1. The van der Waals surface area contributed by atoms with Crippen molar-refractivity contribution in [1.82, 2.24) is 0 Å². The second-order valence-corrected chi connectivity index (χ2v) is 7.09. The van der Waals surface area contributed by atoms with E-state index in [9.17, 15) is 4.79 Å². The van der Waals surface area contributed by atoms with Crippen LogP contribution in [-0.2, 0) is 16.0 Å². The highest BCUT2D eigenvalue weighted by atomic mass is 79.9. The van der Waals surface area contributed by atoms with Crippen molar-refractivity contribution >= 4 is 21.9 Å². The largest absolute Gasteiger partial charge is 0.497 e. The lowest BCUT2D eigenvalue weighted by atomic mass is 9.99. The van der Waals surface area contributed by atoms with Crippen LogP contribution in [0, 0.1) is 0 Å². The van der Waals surface area contributed by atoms with E-state index < -0.39 is 0 Å². The van der Waals surface area contributed by atoms with Gasteiger partial charge in [-0.3, -0.25) is 4.79 Å². The first-order valence-electron chi connectivity index (χ1n) is 6.32. The van der Waals surface area contributed by atoms with Crippen LogP contribution < -0.4 is 4.74 Å². The molecule has 0 fully saturated rings. The van der Waals surface area contributed by atoms with Crippen molar-refractivity contribution in [1.29, 1.82) is 0 Å². The van der Waals surface area contributed by atoms with Gasteiger partial charge in [-0.2, -0.15) is 0 Å². The molecule has 1 rings (SSSR count). The number of ether oxygens (including phenoxy) is 2. The maximum atomic E-state index is 11.1. The minimum absolute atomic E-state index is 0.146. The summed E-state index contributed by atoms with van der Waals surface area (Å²) in [5, 5.41) is 0. The lowest BCUT2D eigenvalue weighted by Gasteiger charge is -2.28. The van der Waals surface area contributed by atoms with Gasteiger partial charge in [0.1, 0.15) is 11.9 Å². The van der Waals surface area contributed by atoms with Crippen molar-refractivity contribution in [3.63, 3.8) is 0 Å². The molecule has 1 atom stereocenters. The summed E-state index contributed by atoms with van der Waals surface area (Å²) in [6.45, 7) is 5.46. The van der Waals surface area contributed by atoms with Crippen LogP contribution in [0.1, 0.15) is 32.8 Å². The normalized spacial score (nSPS) is 12.9. The third kappa shape index (κ3) is 5.64. The summed E-state index contributed by atoms with van der Waals surface area (Å²) in [5.74, 6) is 0.605. The number of hydrogen-bond acceptors (Lipinski definition) is 3. The Labute approximate surface area is 123 Å². The van der Waals surface area contributed by atoms with Crippen LogP contribution in [-0.4, -0.2) is 23.5 Å². The second-order valence-electron chi connectivity index (χ2n) is 5.05. The van der Waals surface area contributed by atoms with E-state index in [1.54, 1.807) is 7.11 Å². The van der Waals surface area contributed by atoms with E-state index in [0.717, 1.165) is 18.6 Å². The maximum absolute atomic E-state index is 11.1. The number of benzene rings is 1. The fraction of sp³-hybridized carbons (Fsp3) is 0.533. The third-order valence-electron chi connectivity index (χ3n) is 2.93. The second kappa shape index (κ2) is 6.94. The van der Waals surface area contributed by atoms with Crippen molar-refractivity contribution in [2.24, 2.45) is 0 Å². The highest BCUT2D eigenvalue weighted by molar-refractivity contribution is 9.10. The van der Waals surface area contributed by atoms with E-state index in [2.05, 4.69) is 15.9 Å². The number of carbonyl (C=O) groups excluding carboxylic acids is 1. The monoisotopic (exact) mass is 328 g/mol. The Kier molecular flexibility index (Phi) is 5.85. The van der Waals surface area contributed by atoms with Crippen LogP contribution in [0.4, 0.5) is 0 Å². The molecule has 0 saturated heterocycles. The SMILES string of the molecule is COc1ccc(CC[C@@H](OC(C)=O)C(C)(C)Br)cc1. The average molecular weight is 329 g/mol. The number of aryl methyl sites for hydroxylation is 1. The van der Waals surface area contributed by atoms with Gasteiger partial charge in [-0.25, -0.2) is 0 Å². The molecule has 19 heavy (non-hydrogen) atoms. The van der Waals surface area contributed by atoms with E-state index >= 15 is 0 Å². The van der Waals surface area contributed by atoms with Gasteiger partial charge in [-0.1, -0.05) is 28.1 Å². The lowest BCUT2D eigenvalue weighted by molar-refractivity contribution is -0.147. The Hall–Kier alpha value is -1.03. The quantitative estimate of drug-likeness (QED) is 0.589. The van der Waals surface area contributed by atoms with Crippen molar-refractivity contribution in [3.05, 3.63) is 29.8 Å². The summed E-state index contributed by atoms with van der Waals surface area (Å²) in [6.07, 6.45) is 1.49. The molecule has 0 N–H and O–H groups in total. The number of halogens is 1. The van der Waals surface area contributed by atoms with Gasteiger partial charge in [0.05, 0.1) is 11.4 Å². The van der Waals surface area contributed by atoms with Gasteiger partial charge in [0.2, 0.25) is 0 Å². The zero-order valence-corrected chi connectivity index (χ0v) is 13.5. The summed E-state index contributed by atoms with van der Waals surface area (Å²) >= 11 is 3.57. The zero-order chi connectivity index (χ0) is 14.5. The molecule has 106 valence electrons. The molecule has 4 heteroatoms. The Bertz CT molecular complexity index is 406. The fourth-order valence-electron chi connectivity index (χ4n) is 1.83. The molecule has 3 nitrogen and oxygen atoms in total. The summed E-state index contributed by atoms with van der Waals surface area (Å²) in [5.41, 5.74) is 1.20. The average Bonchev–Trinajstić information content (AvgIpc) is 2.33. The molecule has 0 radical (unpaired) electrons. The fourth-order valence-corrected chi connectivity index (χ4v) is 2.15. The summed E-state index contributed by atoms with van der Waals surface area (Å²) in [7, 11) is 1.65. The van der Waals surface area contributed by atoms with E-state index in [1.807, 2.05) is 38.1 Å². The van der Waals surface area contributed by atoms with Crippen LogP contribution in [0.5, 0.6) is 5.75 Å². The first-order valence-corrected chi connectivity index (χ1v) is 7.11. The Balaban J connectivity index is 2.62. The lowest BCUT2D eigenvalue weighted by Crippen LogP contribution is -2.34. The molecule has 1 aromatic carbocycles. The minimum atomic E-state index is -0.243. The van der Waals surface area contributed by atoms with Gasteiger partial charge in [-0.15, -0.1) is 0 Å². The molecule has 0 bridgehead atoms. The Morgan fingerprint density at radius 1 is 1.32 bits per heavy atom. The molecule has 0 spiro atoms. The van der Waals surface area contributed by atoms with Gasteiger partial charge in [0.15, 0.2) is 0 Å². The van der Waals surface area contributed by atoms with Gasteiger partial charge < -0.3 is 9.47 Å². The van der Waals surface area contributed by atoms with Crippen molar-refractivity contribution < 1.29 is 14.3 Å². The number of carbonyl (C=O) groups is 1. The van der Waals surface area contributed by atoms with E-state index in [1.165, 1.54) is 12.5 Å². The number of alkyl halides is 1. The van der Waals surface area contributed by atoms with Gasteiger partial charge in [0.25, 0.3) is 0 Å².